The lowest BCUT2D eigenvalue weighted by Gasteiger charge is -1.95. The topological polar surface area (TPSA) is 39.2 Å². The lowest BCUT2D eigenvalue weighted by molar-refractivity contribution is 0.0594. The predicted octanol–water partition coefficient (Wildman–Crippen LogP) is 2.42. The van der Waals surface area contributed by atoms with Crippen molar-refractivity contribution in [1.29, 1.82) is 0 Å². The fraction of sp³-hybridized carbons (Fsp3) is 0.400. The van der Waals surface area contributed by atoms with Crippen molar-refractivity contribution in [2.45, 2.75) is 20.3 Å². The molecule has 1 rings (SSSR count). The molecule has 0 spiro atoms. The Morgan fingerprint density at radius 1 is 1.50 bits per heavy atom. The Kier molecular flexibility index (Phi) is 6.28. The third-order valence-electron chi connectivity index (χ3n) is 1.12. The molecule has 4 heteroatoms. The number of esters is 1. The molecule has 1 aromatic heterocycles. The van der Waals surface area contributed by atoms with Crippen molar-refractivity contribution in [3.8, 4) is 0 Å². The van der Waals surface area contributed by atoms with Gasteiger partial charge in [-0.25, -0.2) is 14.2 Å². The van der Waals surface area contributed by atoms with Gasteiger partial charge in [-0.15, -0.1) is 0 Å². The number of halogens is 1. The van der Waals surface area contributed by atoms with Gasteiger partial charge in [-0.2, -0.15) is 0 Å². The van der Waals surface area contributed by atoms with Crippen molar-refractivity contribution in [2.24, 2.45) is 0 Å². The van der Waals surface area contributed by atoms with E-state index in [9.17, 15) is 9.18 Å². The summed E-state index contributed by atoms with van der Waals surface area (Å²) in [5.74, 6) is -1.04. The highest BCUT2D eigenvalue weighted by Gasteiger charge is 2.04. The number of carbonyl (C=O) groups is 1. The molecule has 0 amide bonds. The summed E-state index contributed by atoms with van der Waals surface area (Å²) in [4.78, 5) is 14.2. The number of ether oxygens (including phenoxy) is 1. The van der Waals surface area contributed by atoms with Crippen LogP contribution < -0.4 is 0 Å². The first kappa shape index (κ1) is 12.6. The van der Waals surface area contributed by atoms with Crippen molar-refractivity contribution in [3.63, 3.8) is 0 Å². The lowest BCUT2D eigenvalue weighted by atomic mass is 10.3. The van der Waals surface area contributed by atoms with Crippen LogP contribution in [-0.2, 0) is 4.74 Å². The zero-order valence-electron chi connectivity index (χ0n) is 8.58. The Hall–Kier alpha value is -1.45. The summed E-state index contributed by atoms with van der Waals surface area (Å²) >= 11 is 0. The standard InChI is InChI=1S/C7H6FNO2.C3H8/c1-11-7(10)6-3-2-5(8)4-9-6;1-3-2/h2-4H,1H3;3H2,1-2H3. The van der Waals surface area contributed by atoms with Crippen LogP contribution in [0.15, 0.2) is 18.3 Å². The van der Waals surface area contributed by atoms with E-state index in [0.29, 0.717) is 0 Å². The van der Waals surface area contributed by atoms with E-state index >= 15 is 0 Å². The Labute approximate surface area is 82.9 Å². The second-order valence-corrected chi connectivity index (χ2v) is 2.56. The highest BCUT2D eigenvalue weighted by Crippen LogP contribution is 1.98. The third-order valence-corrected chi connectivity index (χ3v) is 1.12. The summed E-state index contributed by atoms with van der Waals surface area (Å²) in [5, 5.41) is 0. The SMILES string of the molecule is CCC.COC(=O)c1ccc(F)cn1. The number of nitrogens with zero attached hydrogens (tertiary/aromatic N) is 1. The van der Waals surface area contributed by atoms with Gasteiger partial charge < -0.3 is 4.74 Å². The van der Waals surface area contributed by atoms with Gasteiger partial charge in [-0.1, -0.05) is 20.3 Å². The van der Waals surface area contributed by atoms with Gasteiger partial charge in [0.15, 0.2) is 0 Å². The van der Waals surface area contributed by atoms with Crippen LogP contribution in [0.5, 0.6) is 0 Å². The number of rotatable bonds is 1. The summed E-state index contributed by atoms with van der Waals surface area (Å²) in [6.45, 7) is 4.25. The largest absolute Gasteiger partial charge is 0.464 e. The van der Waals surface area contributed by atoms with Gasteiger partial charge in [0.1, 0.15) is 11.5 Å². The molecule has 0 aliphatic rings. The number of carbonyl (C=O) groups excluding carboxylic acids is 1. The monoisotopic (exact) mass is 199 g/mol. The minimum atomic E-state index is -0.565. The fourth-order valence-corrected chi connectivity index (χ4v) is 0.601. The summed E-state index contributed by atoms with van der Waals surface area (Å²) in [5.41, 5.74) is 0.105. The van der Waals surface area contributed by atoms with Crippen LogP contribution in [0.1, 0.15) is 30.8 Å². The Morgan fingerprint density at radius 2 is 2.07 bits per heavy atom. The molecular formula is C10H14FNO2. The molecule has 0 saturated carbocycles. The van der Waals surface area contributed by atoms with E-state index in [4.69, 9.17) is 0 Å². The van der Waals surface area contributed by atoms with E-state index in [1.165, 1.54) is 19.6 Å². The molecule has 78 valence electrons. The van der Waals surface area contributed by atoms with Crippen molar-refractivity contribution < 1.29 is 13.9 Å². The number of hydrogen-bond acceptors (Lipinski definition) is 3. The molecule has 0 saturated heterocycles. The molecule has 0 bridgehead atoms. The molecule has 14 heavy (non-hydrogen) atoms. The number of aromatic nitrogens is 1. The van der Waals surface area contributed by atoms with E-state index in [0.717, 1.165) is 12.3 Å². The number of hydrogen-bond donors (Lipinski definition) is 0. The number of pyridine rings is 1. The molecule has 1 heterocycles. The molecule has 0 fully saturated rings. The first-order valence-corrected chi connectivity index (χ1v) is 4.35. The van der Waals surface area contributed by atoms with Gasteiger partial charge in [0.05, 0.1) is 13.3 Å². The quantitative estimate of drug-likeness (QED) is 0.652. The average molecular weight is 199 g/mol. The molecule has 0 unspecified atom stereocenters. The molecule has 0 N–H and O–H groups in total. The average Bonchev–Trinajstić information content (AvgIpc) is 2.19. The van der Waals surface area contributed by atoms with E-state index in [2.05, 4.69) is 23.6 Å². The highest BCUT2D eigenvalue weighted by atomic mass is 19.1. The Balaban J connectivity index is 0.000000500. The zero-order chi connectivity index (χ0) is 11.0. The van der Waals surface area contributed by atoms with Gasteiger partial charge in [0, 0.05) is 0 Å². The highest BCUT2D eigenvalue weighted by molar-refractivity contribution is 5.86. The predicted molar refractivity (Wildman–Crippen MR) is 51.5 cm³/mol. The van der Waals surface area contributed by atoms with Crippen molar-refractivity contribution in [3.05, 3.63) is 29.8 Å². The second kappa shape index (κ2) is 7.00. The summed E-state index contributed by atoms with van der Waals surface area (Å²) in [6, 6.07) is 2.42. The summed E-state index contributed by atoms with van der Waals surface area (Å²) < 4.78 is 16.6. The van der Waals surface area contributed by atoms with Crippen LogP contribution in [0.25, 0.3) is 0 Å². The molecule has 0 aliphatic heterocycles. The van der Waals surface area contributed by atoms with Crippen LogP contribution in [-0.4, -0.2) is 18.1 Å². The van der Waals surface area contributed by atoms with E-state index in [1.807, 2.05) is 0 Å². The van der Waals surface area contributed by atoms with Crippen molar-refractivity contribution >= 4 is 5.97 Å². The molecule has 0 aromatic carbocycles. The number of methoxy groups -OCH3 is 1. The van der Waals surface area contributed by atoms with E-state index < -0.39 is 11.8 Å². The van der Waals surface area contributed by atoms with Gasteiger partial charge in [-0.3, -0.25) is 0 Å². The molecule has 3 nitrogen and oxygen atoms in total. The summed E-state index contributed by atoms with van der Waals surface area (Å²) in [6.07, 6.45) is 2.21. The van der Waals surface area contributed by atoms with Gasteiger partial charge in [0.2, 0.25) is 0 Å². The molecule has 0 aliphatic carbocycles. The third kappa shape index (κ3) is 4.54. The van der Waals surface area contributed by atoms with E-state index in [-0.39, 0.29) is 5.69 Å². The second-order valence-electron chi connectivity index (χ2n) is 2.56. The Bertz CT molecular complexity index is 272. The Morgan fingerprint density at radius 3 is 2.43 bits per heavy atom. The van der Waals surface area contributed by atoms with Crippen molar-refractivity contribution in [1.82, 2.24) is 4.98 Å². The smallest absolute Gasteiger partial charge is 0.356 e. The van der Waals surface area contributed by atoms with Crippen molar-refractivity contribution in [2.75, 3.05) is 7.11 Å². The fourth-order valence-electron chi connectivity index (χ4n) is 0.601. The maximum atomic E-state index is 12.2. The molecular weight excluding hydrogens is 185 g/mol. The first-order chi connectivity index (χ1) is 6.65. The van der Waals surface area contributed by atoms with Crippen LogP contribution in [0.2, 0.25) is 0 Å². The summed E-state index contributed by atoms with van der Waals surface area (Å²) in [7, 11) is 1.24. The van der Waals surface area contributed by atoms with Crippen LogP contribution >= 0.6 is 0 Å². The minimum Gasteiger partial charge on any atom is -0.464 e. The van der Waals surface area contributed by atoms with Gasteiger partial charge in [-0.05, 0) is 12.1 Å². The molecule has 0 radical (unpaired) electrons. The van der Waals surface area contributed by atoms with Gasteiger partial charge >= 0.3 is 5.97 Å². The van der Waals surface area contributed by atoms with Crippen LogP contribution in [0, 0.1) is 5.82 Å². The van der Waals surface area contributed by atoms with Gasteiger partial charge in [0.25, 0.3) is 0 Å². The maximum Gasteiger partial charge on any atom is 0.356 e. The lowest BCUT2D eigenvalue weighted by Crippen LogP contribution is -2.03. The molecule has 0 atom stereocenters. The maximum absolute atomic E-state index is 12.2. The normalized spacial score (nSPS) is 8.57. The minimum absolute atomic E-state index is 0.105. The van der Waals surface area contributed by atoms with Crippen LogP contribution in [0.3, 0.4) is 0 Å². The van der Waals surface area contributed by atoms with E-state index in [1.54, 1.807) is 0 Å². The zero-order valence-corrected chi connectivity index (χ0v) is 8.58. The first-order valence-electron chi connectivity index (χ1n) is 4.35. The van der Waals surface area contributed by atoms with Crippen LogP contribution in [0.4, 0.5) is 4.39 Å². The molecule has 1 aromatic rings.